The number of carbonyl (C=O) groups is 3. The number of hydrogen-bond donors (Lipinski definition) is 3. The maximum absolute atomic E-state index is 12.9. The van der Waals surface area contributed by atoms with Crippen molar-refractivity contribution < 1.29 is 38.4 Å². The Morgan fingerprint density at radius 1 is 0.633 bits per heavy atom. The highest BCUT2D eigenvalue weighted by molar-refractivity contribution is 5.80. The molecular weight excluding hydrogens is 624 g/mol. The van der Waals surface area contributed by atoms with E-state index in [4.69, 9.17) is 14.2 Å². The number of aliphatic hydroxyl groups excluding tert-OH is 1. The monoisotopic (exact) mass is 676 g/mol. The van der Waals surface area contributed by atoms with Crippen LogP contribution in [0.4, 0.5) is 0 Å². The lowest BCUT2D eigenvalue weighted by Crippen LogP contribution is -2.43. The third-order valence-corrected chi connectivity index (χ3v) is 8.44. The van der Waals surface area contributed by atoms with Crippen LogP contribution in [0.2, 0.25) is 0 Å². The molecule has 0 spiro atoms. The molecule has 0 aliphatic carbocycles. The summed E-state index contributed by atoms with van der Waals surface area (Å²) in [5.74, 6) is 0.562. The second-order valence-electron chi connectivity index (χ2n) is 11.9. The van der Waals surface area contributed by atoms with Crippen molar-refractivity contribution in [2.45, 2.75) is 75.9 Å². The van der Waals surface area contributed by atoms with Crippen molar-refractivity contribution in [3.63, 3.8) is 0 Å². The standard InChI is InChI=1S/C39H52N2O8/c1-46-33-23-19-31(20-24-33)39(30-15-11-10-12-16-30,32-21-25-34(47-2)26-22-32)49-29-35(42)38(45)41-28-27-40-36(43)17-13-8-6-4-5-7-9-14-18-37(44)48-3/h10-12,15-16,19-26,35,42H,4-9,13-14,17-18,27-29H2,1-3H3,(H,40,43)(H,41,45). The van der Waals surface area contributed by atoms with E-state index in [0.29, 0.717) is 24.3 Å². The number of rotatable bonds is 23. The van der Waals surface area contributed by atoms with Gasteiger partial charge >= 0.3 is 5.97 Å². The number of esters is 1. The summed E-state index contributed by atoms with van der Waals surface area (Å²) in [6.07, 6.45) is 7.56. The Balaban J connectivity index is 1.48. The lowest BCUT2D eigenvalue weighted by Gasteiger charge is -2.36. The molecule has 0 saturated heterocycles. The van der Waals surface area contributed by atoms with Gasteiger partial charge in [-0.2, -0.15) is 0 Å². The zero-order chi connectivity index (χ0) is 35.3. The molecular formula is C39H52N2O8. The summed E-state index contributed by atoms with van der Waals surface area (Å²) < 4.78 is 22.0. The Morgan fingerprint density at radius 3 is 1.61 bits per heavy atom. The predicted molar refractivity (Wildman–Crippen MR) is 188 cm³/mol. The molecule has 0 bridgehead atoms. The van der Waals surface area contributed by atoms with Crippen LogP contribution in [-0.2, 0) is 29.5 Å². The molecule has 0 aliphatic heterocycles. The Kier molecular flexibility index (Phi) is 17.2. The first kappa shape index (κ1) is 39.0. The van der Waals surface area contributed by atoms with E-state index in [0.717, 1.165) is 68.1 Å². The smallest absolute Gasteiger partial charge is 0.305 e. The first-order valence-electron chi connectivity index (χ1n) is 17.1. The average Bonchev–Trinajstić information content (AvgIpc) is 3.14. The van der Waals surface area contributed by atoms with Gasteiger partial charge in [-0.1, -0.05) is 93.1 Å². The fourth-order valence-corrected chi connectivity index (χ4v) is 5.67. The fourth-order valence-electron chi connectivity index (χ4n) is 5.67. The molecule has 10 nitrogen and oxygen atoms in total. The molecule has 1 unspecified atom stereocenters. The SMILES string of the molecule is COC(=O)CCCCCCCCCCC(=O)NCCNC(=O)C(O)COC(c1ccccc1)(c1ccc(OC)cc1)c1ccc(OC)cc1. The van der Waals surface area contributed by atoms with Crippen molar-refractivity contribution in [3.8, 4) is 11.5 Å². The summed E-state index contributed by atoms with van der Waals surface area (Å²) >= 11 is 0. The predicted octanol–water partition coefficient (Wildman–Crippen LogP) is 5.68. The van der Waals surface area contributed by atoms with E-state index in [1.54, 1.807) is 14.2 Å². The molecule has 3 N–H and O–H groups in total. The Bertz CT molecular complexity index is 1350. The van der Waals surface area contributed by atoms with Gasteiger partial charge in [0.2, 0.25) is 5.91 Å². The van der Waals surface area contributed by atoms with Gasteiger partial charge in [0, 0.05) is 25.9 Å². The van der Waals surface area contributed by atoms with Gasteiger partial charge in [-0.25, -0.2) is 0 Å². The molecule has 0 fully saturated rings. The first-order chi connectivity index (χ1) is 23.8. The Hall–Kier alpha value is -4.41. The quantitative estimate of drug-likeness (QED) is 0.0665. The lowest BCUT2D eigenvalue weighted by molar-refractivity contribution is -0.140. The van der Waals surface area contributed by atoms with Crippen molar-refractivity contribution in [3.05, 3.63) is 95.6 Å². The van der Waals surface area contributed by atoms with Crippen molar-refractivity contribution in [1.29, 1.82) is 0 Å². The van der Waals surface area contributed by atoms with E-state index >= 15 is 0 Å². The summed E-state index contributed by atoms with van der Waals surface area (Å²) in [6.45, 7) is 0.145. The lowest BCUT2D eigenvalue weighted by atomic mass is 9.80. The van der Waals surface area contributed by atoms with Gasteiger partial charge in [-0.05, 0) is 53.8 Å². The van der Waals surface area contributed by atoms with Gasteiger partial charge < -0.3 is 34.7 Å². The number of amides is 2. The molecule has 266 valence electrons. The normalized spacial score (nSPS) is 11.8. The van der Waals surface area contributed by atoms with Gasteiger partial charge in [0.15, 0.2) is 6.10 Å². The van der Waals surface area contributed by atoms with Gasteiger partial charge in [0.25, 0.3) is 5.91 Å². The van der Waals surface area contributed by atoms with Crippen LogP contribution in [0, 0.1) is 0 Å². The zero-order valence-corrected chi connectivity index (χ0v) is 29.1. The van der Waals surface area contributed by atoms with Gasteiger partial charge in [0.05, 0.1) is 27.9 Å². The Morgan fingerprint density at radius 2 is 1.10 bits per heavy atom. The van der Waals surface area contributed by atoms with Crippen molar-refractivity contribution in [2.75, 3.05) is 41.0 Å². The topological polar surface area (TPSA) is 132 Å². The second kappa shape index (κ2) is 21.5. The molecule has 10 heteroatoms. The highest BCUT2D eigenvalue weighted by Gasteiger charge is 2.39. The van der Waals surface area contributed by atoms with E-state index in [1.165, 1.54) is 7.11 Å². The molecule has 0 aromatic heterocycles. The number of methoxy groups -OCH3 is 3. The van der Waals surface area contributed by atoms with Gasteiger partial charge in [-0.15, -0.1) is 0 Å². The van der Waals surface area contributed by atoms with E-state index in [-0.39, 0.29) is 31.6 Å². The third kappa shape index (κ3) is 12.5. The first-order valence-corrected chi connectivity index (χ1v) is 17.1. The van der Waals surface area contributed by atoms with Gasteiger partial charge in [-0.3, -0.25) is 14.4 Å². The molecule has 0 aliphatic rings. The van der Waals surface area contributed by atoms with Gasteiger partial charge in [0.1, 0.15) is 17.1 Å². The summed E-state index contributed by atoms with van der Waals surface area (Å²) in [4.78, 5) is 36.3. The van der Waals surface area contributed by atoms with E-state index in [9.17, 15) is 19.5 Å². The number of benzene rings is 3. The highest BCUT2D eigenvalue weighted by atomic mass is 16.5. The minimum atomic E-state index is -1.46. The molecule has 0 radical (unpaired) electrons. The average molecular weight is 677 g/mol. The molecule has 3 rings (SSSR count). The van der Waals surface area contributed by atoms with Crippen LogP contribution < -0.4 is 20.1 Å². The molecule has 3 aromatic carbocycles. The molecule has 1 atom stereocenters. The van der Waals surface area contributed by atoms with E-state index in [1.807, 2.05) is 78.9 Å². The highest BCUT2D eigenvalue weighted by Crippen LogP contribution is 2.41. The maximum atomic E-state index is 12.9. The molecule has 3 aromatic rings. The van der Waals surface area contributed by atoms with Crippen LogP contribution in [0.5, 0.6) is 11.5 Å². The van der Waals surface area contributed by atoms with E-state index < -0.39 is 17.6 Å². The van der Waals surface area contributed by atoms with Crippen LogP contribution in [-0.4, -0.2) is 70.0 Å². The summed E-state index contributed by atoms with van der Waals surface area (Å²) in [6, 6.07) is 24.6. The summed E-state index contributed by atoms with van der Waals surface area (Å²) in [7, 11) is 4.62. The Labute approximate surface area is 290 Å². The summed E-state index contributed by atoms with van der Waals surface area (Å²) in [5, 5.41) is 16.4. The van der Waals surface area contributed by atoms with E-state index in [2.05, 4.69) is 15.4 Å². The summed E-state index contributed by atoms with van der Waals surface area (Å²) in [5.41, 5.74) is 1.22. The second-order valence-corrected chi connectivity index (χ2v) is 11.9. The number of aliphatic hydroxyl groups is 1. The zero-order valence-electron chi connectivity index (χ0n) is 29.1. The molecule has 2 amide bonds. The van der Waals surface area contributed by atoms with Crippen molar-refractivity contribution >= 4 is 17.8 Å². The number of ether oxygens (including phenoxy) is 4. The largest absolute Gasteiger partial charge is 0.497 e. The van der Waals surface area contributed by atoms with Crippen LogP contribution in [0.15, 0.2) is 78.9 Å². The number of carbonyl (C=O) groups excluding carboxylic acids is 3. The van der Waals surface area contributed by atoms with Crippen LogP contribution in [0.1, 0.15) is 80.9 Å². The minimum absolute atomic E-state index is 0.0624. The molecule has 49 heavy (non-hydrogen) atoms. The van der Waals surface area contributed by atoms with Crippen molar-refractivity contribution in [2.24, 2.45) is 0 Å². The van der Waals surface area contributed by atoms with Crippen LogP contribution in [0.3, 0.4) is 0 Å². The molecule has 0 saturated carbocycles. The van der Waals surface area contributed by atoms with Crippen LogP contribution >= 0.6 is 0 Å². The van der Waals surface area contributed by atoms with Crippen LogP contribution in [0.25, 0.3) is 0 Å². The van der Waals surface area contributed by atoms with Crippen molar-refractivity contribution in [1.82, 2.24) is 10.6 Å². The number of unbranched alkanes of at least 4 members (excludes halogenated alkanes) is 7. The minimum Gasteiger partial charge on any atom is -0.497 e. The molecule has 0 heterocycles. The third-order valence-electron chi connectivity index (χ3n) is 8.44. The number of hydrogen-bond acceptors (Lipinski definition) is 8. The fraction of sp³-hybridized carbons (Fsp3) is 0.462. The maximum Gasteiger partial charge on any atom is 0.305 e. The number of nitrogens with one attached hydrogen (secondary N) is 2.